The fourth-order valence-corrected chi connectivity index (χ4v) is 2.53. The third-order valence-corrected chi connectivity index (χ3v) is 4.09. The summed E-state index contributed by atoms with van der Waals surface area (Å²) in [5.41, 5.74) is 1.45. The molecule has 28 heavy (non-hydrogen) atoms. The maximum absolute atomic E-state index is 12.2. The van der Waals surface area contributed by atoms with Gasteiger partial charge in [-0.15, -0.1) is 6.58 Å². The summed E-state index contributed by atoms with van der Waals surface area (Å²) in [7, 11) is 1.51. The molecule has 2 aromatic rings. The molecule has 0 saturated carbocycles. The van der Waals surface area contributed by atoms with Crippen LogP contribution in [0, 0.1) is 0 Å². The number of anilines is 1. The summed E-state index contributed by atoms with van der Waals surface area (Å²) in [4.78, 5) is 24.2. The number of esters is 1. The second-order valence-electron chi connectivity index (χ2n) is 5.87. The molecule has 0 bridgehead atoms. The van der Waals surface area contributed by atoms with Gasteiger partial charge in [-0.1, -0.05) is 35.9 Å². The Hall–Kier alpha value is -2.99. The van der Waals surface area contributed by atoms with Crippen molar-refractivity contribution in [2.24, 2.45) is 0 Å². The smallest absolute Gasteiger partial charge is 0.344 e. The van der Waals surface area contributed by atoms with Crippen molar-refractivity contribution in [3.8, 4) is 11.5 Å². The molecular weight excluding hydrogens is 382 g/mol. The van der Waals surface area contributed by atoms with Gasteiger partial charge in [-0.25, -0.2) is 4.79 Å². The van der Waals surface area contributed by atoms with Gasteiger partial charge in [0.25, 0.3) is 5.91 Å². The number of carbonyl (C=O) groups is 2. The Morgan fingerprint density at radius 1 is 1.21 bits per heavy atom. The largest absolute Gasteiger partial charge is 0.493 e. The molecule has 0 heterocycles. The average Bonchev–Trinajstić information content (AvgIpc) is 2.68. The first-order valence-electron chi connectivity index (χ1n) is 8.60. The maximum atomic E-state index is 12.2. The Bertz CT molecular complexity index is 852. The third-order valence-electron chi connectivity index (χ3n) is 3.76. The van der Waals surface area contributed by atoms with E-state index in [2.05, 4.69) is 11.9 Å². The molecular formula is C21H22ClNO5. The Morgan fingerprint density at radius 2 is 1.96 bits per heavy atom. The maximum Gasteiger partial charge on any atom is 0.344 e. The van der Waals surface area contributed by atoms with Crippen molar-refractivity contribution in [2.75, 3.05) is 19.0 Å². The number of rotatable bonds is 9. The zero-order chi connectivity index (χ0) is 20.5. The van der Waals surface area contributed by atoms with Gasteiger partial charge < -0.3 is 19.5 Å². The van der Waals surface area contributed by atoms with E-state index in [0.29, 0.717) is 28.6 Å². The fraction of sp³-hybridized carbons (Fsp3) is 0.238. The molecule has 7 heteroatoms. The van der Waals surface area contributed by atoms with Crippen LogP contribution in [-0.4, -0.2) is 31.7 Å². The molecule has 0 saturated heterocycles. The molecule has 1 N–H and O–H groups in total. The van der Waals surface area contributed by atoms with Gasteiger partial charge in [0, 0.05) is 0 Å². The number of halogens is 1. The summed E-state index contributed by atoms with van der Waals surface area (Å²) >= 11 is 6.00. The minimum Gasteiger partial charge on any atom is -0.493 e. The van der Waals surface area contributed by atoms with Crippen molar-refractivity contribution in [3.05, 3.63) is 65.7 Å². The summed E-state index contributed by atoms with van der Waals surface area (Å²) in [5, 5.41) is 3.00. The van der Waals surface area contributed by atoms with Crippen LogP contribution < -0.4 is 14.8 Å². The molecule has 0 fully saturated rings. The van der Waals surface area contributed by atoms with E-state index in [9.17, 15) is 9.59 Å². The highest BCUT2D eigenvalue weighted by Gasteiger charge is 2.19. The van der Waals surface area contributed by atoms with Gasteiger partial charge >= 0.3 is 5.97 Å². The predicted molar refractivity (Wildman–Crippen MR) is 108 cm³/mol. The van der Waals surface area contributed by atoms with E-state index < -0.39 is 18.0 Å². The quantitative estimate of drug-likeness (QED) is 0.505. The summed E-state index contributed by atoms with van der Waals surface area (Å²) in [6, 6.07) is 12.2. The van der Waals surface area contributed by atoms with Crippen LogP contribution in [0.5, 0.6) is 11.5 Å². The lowest BCUT2D eigenvalue weighted by molar-refractivity contribution is -0.155. The van der Waals surface area contributed by atoms with Crippen molar-refractivity contribution in [3.63, 3.8) is 0 Å². The molecule has 2 aromatic carbocycles. The molecule has 1 atom stereocenters. The van der Waals surface area contributed by atoms with Crippen LogP contribution >= 0.6 is 11.6 Å². The average molecular weight is 404 g/mol. The normalized spacial score (nSPS) is 11.2. The zero-order valence-corrected chi connectivity index (χ0v) is 16.5. The number of hydrogen-bond donors (Lipinski definition) is 1. The summed E-state index contributed by atoms with van der Waals surface area (Å²) in [6.07, 6.45) is 1.46. The van der Waals surface area contributed by atoms with Crippen LogP contribution in [0.4, 0.5) is 5.69 Å². The molecule has 148 valence electrons. The van der Waals surface area contributed by atoms with E-state index in [1.165, 1.54) is 14.0 Å². The summed E-state index contributed by atoms with van der Waals surface area (Å²) < 4.78 is 15.8. The number of ether oxygens (including phenoxy) is 3. The number of methoxy groups -OCH3 is 1. The zero-order valence-electron chi connectivity index (χ0n) is 15.7. The number of carbonyl (C=O) groups excluding carboxylic acids is 2. The van der Waals surface area contributed by atoms with Crippen molar-refractivity contribution in [1.29, 1.82) is 0 Å². The first-order valence-corrected chi connectivity index (χ1v) is 8.98. The van der Waals surface area contributed by atoms with Crippen molar-refractivity contribution < 1.29 is 23.8 Å². The number of nitrogens with one attached hydrogen (secondary N) is 1. The van der Waals surface area contributed by atoms with Gasteiger partial charge in [-0.2, -0.15) is 0 Å². The minimum absolute atomic E-state index is 0.360. The Labute approximate surface area is 169 Å². The van der Waals surface area contributed by atoms with Crippen LogP contribution in [0.15, 0.2) is 55.1 Å². The summed E-state index contributed by atoms with van der Waals surface area (Å²) in [5.74, 6) is -0.274. The van der Waals surface area contributed by atoms with Gasteiger partial charge in [-0.3, -0.25) is 4.79 Å². The van der Waals surface area contributed by atoms with Crippen LogP contribution in [-0.2, 0) is 20.7 Å². The van der Waals surface area contributed by atoms with Crippen molar-refractivity contribution in [2.45, 2.75) is 19.4 Å². The van der Waals surface area contributed by atoms with E-state index in [4.69, 9.17) is 25.8 Å². The van der Waals surface area contributed by atoms with Crippen LogP contribution in [0.25, 0.3) is 0 Å². The fourth-order valence-electron chi connectivity index (χ4n) is 2.34. The number of benzene rings is 2. The van der Waals surface area contributed by atoms with E-state index >= 15 is 0 Å². The van der Waals surface area contributed by atoms with Crippen molar-refractivity contribution >= 4 is 29.2 Å². The monoisotopic (exact) mass is 403 g/mol. The van der Waals surface area contributed by atoms with Crippen molar-refractivity contribution in [1.82, 2.24) is 0 Å². The molecule has 0 aromatic heterocycles. The van der Waals surface area contributed by atoms with Crippen LogP contribution in [0.3, 0.4) is 0 Å². The molecule has 0 radical (unpaired) electrons. The highest BCUT2D eigenvalue weighted by atomic mass is 35.5. The highest BCUT2D eigenvalue weighted by Crippen LogP contribution is 2.28. The highest BCUT2D eigenvalue weighted by molar-refractivity contribution is 6.33. The van der Waals surface area contributed by atoms with Gasteiger partial charge in [0.15, 0.2) is 24.2 Å². The van der Waals surface area contributed by atoms with E-state index in [1.54, 1.807) is 36.4 Å². The second kappa shape index (κ2) is 10.4. The van der Waals surface area contributed by atoms with E-state index in [0.717, 1.165) is 5.56 Å². The van der Waals surface area contributed by atoms with Crippen LogP contribution in [0.2, 0.25) is 5.02 Å². The second-order valence-corrected chi connectivity index (χ2v) is 6.28. The molecule has 6 nitrogen and oxygen atoms in total. The predicted octanol–water partition coefficient (Wildman–Crippen LogP) is 4.03. The van der Waals surface area contributed by atoms with Gasteiger partial charge in [-0.05, 0) is 43.2 Å². The third kappa shape index (κ3) is 6.03. The lowest BCUT2D eigenvalue weighted by atomic mass is 10.1. The lowest BCUT2D eigenvalue weighted by Gasteiger charge is -2.15. The summed E-state index contributed by atoms with van der Waals surface area (Å²) in [6.45, 7) is 4.80. The Kier molecular flexibility index (Phi) is 7.89. The number of para-hydroxylation sites is 1. The first-order chi connectivity index (χ1) is 13.4. The topological polar surface area (TPSA) is 73.9 Å². The number of amides is 1. The molecule has 2 rings (SSSR count). The Balaban J connectivity index is 1.88. The molecule has 1 amide bonds. The van der Waals surface area contributed by atoms with E-state index in [-0.39, 0.29) is 6.61 Å². The number of allylic oxidation sites excluding steroid dienone is 1. The standard InChI is InChI=1S/C21H22ClNO5/c1-4-7-15-10-11-18(19(12-15)26-3)27-13-20(24)28-14(2)21(25)23-17-9-6-5-8-16(17)22/h4-6,8-12,14H,1,7,13H2,2-3H3,(H,23,25)/t14-/m1/s1. The Morgan fingerprint density at radius 3 is 2.64 bits per heavy atom. The van der Waals surface area contributed by atoms with Gasteiger partial charge in [0.1, 0.15) is 0 Å². The van der Waals surface area contributed by atoms with Gasteiger partial charge in [0.05, 0.1) is 17.8 Å². The molecule has 0 aliphatic rings. The van der Waals surface area contributed by atoms with Crippen LogP contribution in [0.1, 0.15) is 12.5 Å². The number of hydrogen-bond acceptors (Lipinski definition) is 5. The lowest BCUT2D eigenvalue weighted by Crippen LogP contribution is -2.31. The molecule has 0 aliphatic heterocycles. The SMILES string of the molecule is C=CCc1ccc(OCC(=O)O[C@H](C)C(=O)Nc2ccccc2Cl)c(OC)c1. The first kappa shape index (κ1) is 21.3. The van der Waals surface area contributed by atoms with Gasteiger partial charge in [0.2, 0.25) is 0 Å². The minimum atomic E-state index is -1.01. The molecule has 0 spiro atoms. The molecule has 0 aliphatic carbocycles. The molecule has 0 unspecified atom stereocenters. The van der Waals surface area contributed by atoms with E-state index in [1.807, 2.05) is 12.1 Å².